The maximum atomic E-state index is 5.77. The lowest BCUT2D eigenvalue weighted by Crippen LogP contribution is -2.26. The van der Waals surface area contributed by atoms with E-state index >= 15 is 0 Å². The Hall–Kier alpha value is -1.33. The van der Waals surface area contributed by atoms with Crippen molar-refractivity contribution >= 4 is 15.9 Å². The van der Waals surface area contributed by atoms with Crippen molar-refractivity contribution in [3.8, 4) is 17.0 Å². The van der Waals surface area contributed by atoms with Gasteiger partial charge in [0.1, 0.15) is 11.6 Å². The largest absolute Gasteiger partial charge is 0.496 e. The molecule has 2 rings (SSSR count). The Bertz CT molecular complexity index is 593. The van der Waals surface area contributed by atoms with Crippen molar-refractivity contribution in [1.29, 1.82) is 0 Å². The van der Waals surface area contributed by atoms with Crippen LogP contribution >= 0.6 is 15.9 Å². The molecule has 108 valence electrons. The maximum Gasteiger partial charge on any atom is 0.128 e. The number of imidazole rings is 1. The molecule has 0 unspecified atom stereocenters. The number of hydrogen-bond donors (Lipinski definition) is 2. The molecule has 0 saturated heterocycles. The Kier molecular flexibility index (Phi) is 4.50. The summed E-state index contributed by atoms with van der Waals surface area (Å²) in [7, 11) is 1.67. The molecule has 1 aromatic carbocycles. The van der Waals surface area contributed by atoms with Gasteiger partial charge in [-0.05, 0) is 30.2 Å². The third-order valence-corrected chi connectivity index (χ3v) is 3.77. The number of aromatic nitrogens is 2. The molecule has 0 bridgehead atoms. The molecule has 2 aromatic rings. The van der Waals surface area contributed by atoms with Crippen LogP contribution in [0.15, 0.2) is 28.9 Å². The van der Waals surface area contributed by atoms with Gasteiger partial charge in [-0.1, -0.05) is 29.8 Å². The van der Waals surface area contributed by atoms with Crippen LogP contribution in [0.1, 0.15) is 19.7 Å². The van der Waals surface area contributed by atoms with E-state index in [0.29, 0.717) is 6.54 Å². The summed E-state index contributed by atoms with van der Waals surface area (Å²) in [6.07, 6.45) is 2.66. The normalized spacial score (nSPS) is 11.7. The number of aromatic amines is 1. The first-order valence-corrected chi connectivity index (χ1v) is 7.32. The van der Waals surface area contributed by atoms with Gasteiger partial charge in [-0.25, -0.2) is 4.98 Å². The van der Waals surface area contributed by atoms with Crippen LogP contribution in [-0.4, -0.2) is 23.6 Å². The molecular formula is C15H20BrN3O. The van der Waals surface area contributed by atoms with E-state index in [2.05, 4.69) is 39.7 Å². The highest BCUT2D eigenvalue weighted by molar-refractivity contribution is 9.10. The maximum absolute atomic E-state index is 5.77. The molecular weight excluding hydrogens is 318 g/mol. The fourth-order valence-electron chi connectivity index (χ4n) is 2.01. The number of nitrogens with one attached hydrogen (secondary N) is 1. The lowest BCUT2D eigenvalue weighted by Gasteiger charge is -2.20. The molecule has 0 fully saturated rings. The van der Waals surface area contributed by atoms with E-state index < -0.39 is 0 Å². The number of rotatable bonds is 5. The number of benzene rings is 1. The van der Waals surface area contributed by atoms with Crippen molar-refractivity contribution in [3.63, 3.8) is 0 Å². The van der Waals surface area contributed by atoms with Crippen LogP contribution in [0.4, 0.5) is 0 Å². The second kappa shape index (κ2) is 5.97. The van der Waals surface area contributed by atoms with Gasteiger partial charge in [0, 0.05) is 16.5 Å². The number of halogens is 1. The van der Waals surface area contributed by atoms with Crippen molar-refractivity contribution in [1.82, 2.24) is 9.97 Å². The van der Waals surface area contributed by atoms with E-state index in [1.165, 1.54) is 0 Å². The first-order chi connectivity index (χ1) is 9.45. The van der Waals surface area contributed by atoms with Crippen LogP contribution in [0.25, 0.3) is 11.3 Å². The van der Waals surface area contributed by atoms with E-state index in [4.69, 9.17) is 10.5 Å². The summed E-state index contributed by atoms with van der Waals surface area (Å²) in [5.74, 6) is 1.76. The third-order valence-electron chi connectivity index (χ3n) is 3.28. The van der Waals surface area contributed by atoms with Gasteiger partial charge in [0.25, 0.3) is 0 Å². The highest BCUT2D eigenvalue weighted by atomic mass is 79.9. The van der Waals surface area contributed by atoms with Crippen LogP contribution in [-0.2, 0) is 6.42 Å². The van der Waals surface area contributed by atoms with Crippen molar-refractivity contribution in [2.24, 2.45) is 11.1 Å². The fraction of sp³-hybridized carbons (Fsp3) is 0.400. The average Bonchev–Trinajstić information content (AvgIpc) is 2.86. The van der Waals surface area contributed by atoms with Gasteiger partial charge in [-0.2, -0.15) is 0 Å². The van der Waals surface area contributed by atoms with E-state index in [1.54, 1.807) is 7.11 Å². The van der Waals surface area contributed by atoms with Crippen LogP contribution in [0.5, 0.6) is 5.75 Å². The number of ether oxygens (including phenoxy) is 1. The standard InChI is InChI=1S/C15H20BrN3O/c1-15(2,9-17)7-14-18-8-12(19-14)11-6-10(16)4-5-13(11)20-3/h4-6,8H,7,9,17H2,1-3H3,(H,18,19). The minimum Gasteiger partial charge on any atom is -0.496 e. The molecule has 4 nitrogen and oxygen atoms in total. The predicted molar refractivity (Wildman–Crippen MR) is 84.8 cm³/mol. The number of nitrogens with two attached hydrogens (primary N) is 1. The van der Waals surface area contributed by atoms with Crippen LogP contribution < -0.4 is 10.5 Å². The summed E-state index contributed by atoms with van der Waals surface area (Å²) in [6.45, 7) is 4.90. The summed E-state index contributed by atoms with van der Waals surface area (Å²) < 4.78 is 6.40. The lowest BCUT2D eigenvalue weighted by atomic mass is 9.89. The quantitative estimate of drug-likeness (QED) is 0.878. The molecule has 0 aliphatic rings. The highest BCUT2D eigenvalue weighted by Gasteiger charge is 2.19. The summed E-state index contributed by atoms with van der Waals surface area (Å²) in [5.41, 5.74) is 7.75. The van der Waals surface area contributed by atoms with Crippen molar-refractivity contribution in [2.75, 3.05) is 13.7 Å². The fourth-order valence-corrected chi connectivity index (χ4v) is 2.37. The molecule has 0 spiro atoms. The summed E-state index contributed by atoms with van der Waals surface area (Å²) >= 11 is 3.48. The Morgan fingerprint density at radius 1 is 1.40 bits per heavy atom. The Balaban J connectivity index is 2.31. The molecule has 0 saturated carbocycles. The van der Waals surface area contributed by atoms with E-state index in [9.17, 15) is 0 Å². The van der Waals surface area contributed by atoms with Gasteiger partial charge < -0.3 is 15.5 Å². The highest BCUT2D eigenvalue weighted by Crippen LogP contribution is 2.32. The number of hydrogen-bond acceptors (Lipinski definition) is 3. The zero-order valence-corrected chi connectivity index (χ0v) is 13.6. The monoisotopic (exact) mass is 337 g/mol. The van der Waals surface area contributed by atoms with Crippen LogP contribution in [0.3, 0.4) is 0 Å². The van der Waals surface area contributed by atoms with Crippen molar-refractivity contribution in [2.45, 2.75) is 20.3 Å². The van der Waals surface area contributed by atoms with E-state index in [-0.39, 0.29) is 5.41 Å². The Morgan fingerprint density at radius 3 is 2.80 bits per heavy atom. The molecule has 0 aliphatic carbocycles. The zero-order valence-electron chi connectivity index (χ0n) is 12.0. The van der Waals surface area contributed by atoms with Crippen molar-refractivity contribution in [3.05, 3.63) is 34.7 Å². The first kappa shape index (κ1) is 15.1. The van der Waals surface area contributed by atoms with Gasteiger partial charge in [0.05, 0.1) is 19.0 Å². The minimum atomic E-state index is 0.0382. The van der Waals surface area contributed by atoms with Gasteiger partial charge in [-0.3, -0.25) is 0 Å². The Labute approximate surface area is 127 Å². The summed E-state index contributed by atoms with van der Waals surface area (Å²) in [6, 6.07) is 5.91. The minimum absolute atomic E-state index is 0.0382. The topological polar surface area (TPSA) is 63.9 Å². The molecule has 1 aromatic heterocycles. The number of H-pyrrole nitrogens is 1. The number of methoxy groups -OCH3 is 1. The Morgan fingerprint density at radius 2 is 2.15 bits per heavy atom. The summed E-state index contributed by atoms with van der Waals surface area (Å²) in [4.78, 5) is 7.80. The molecule has 5 heteroatoms. The number of nitrogens with zero attached hydrogens (tertiary/aromatic N) is 1. The molecule has 20 heavy (non-hydrogen) atoms. The van der Waals surface area contributed by atoms with Gasteiger partial charge >= 0.3 is 0 Å². The second-order valence-corrected chi connectivity index (χ2v) is 6.55. The first-order valence-electron chi connectivity index (χ1n) is 6.53. The molecule has 0 aliphatic heterocycles. The van der Waals surface area contributed by atoms with E-state index in [0.717, 1.165) is 33.7 Å². The molecule has 0 amide bonds. The van der Waals surface area contributed by atoms with Crippen molar-refractivity contribution < 1.29 is 4.74 Å². The smallest absolute Gasteiger partial charge is 0.128 e. The molecule has 0 radical (unpaired) electrons. The van der Waals surface area contributed by atoms with Gasteiger partial charge in [-0.15, -0.1) is 0 Å². The van der Waals surface area contributed by atoms with Crippen LogP contribution in [0, 0.1) is 5.41 Å². The molecule has 0 atom stereocenters. The second-order valence-electron chi connectivity index (χ2n) is 5.63. The van der Waals surface area contributed by atoms with Gasteiger partial charge in [0.15, 0.2) is 0 Å². The lowest BCUT2D eigenvalue weighted by molar-refractivity contribution is 0.369. The SMILES string of the molecule is COc1ccc(Br)cc1-c1cnc(CC(C)(C)CN)[nH]1. The molecule has 3 N–H and O–H groups in total. The molecule has 1 heterocycles. The zero-order chi connectivity index (χ0) is 14.8. The van der Waals surface area contributed by atoms with Crippen LogP contribution in [0.2, 0.25) is 0 Å². The third kappa shape index (κ3) is 3.41. The van der Waals surface area contributed by atoms with E-state index in [1.807, 2.05) is 24.4 Å². The predicted octanol–water partition coefficient (Wildman–Crippen LogP) is 3.38. The average molecular weight is 338 g/mol. The summed E-state index contributed by atoms with van der Waals surface area (Å²) in [5, 5.41) is 0. The van der Waals surface area contributed by atoms with Gasteiger partial charge in [0.2, 0.25) is 0 Å².